The van der Waals surface area contributed by atoms with Gasteiger partial charge in [-0.05, 0) is 92.5 Å². The number of fused-ring (bicyclic) bond motifs is 5. The smallest absolute Gasteiger partial charge is 0.338 e. The van der Waals surface area contributed by atoms with Gasteiger partial charge < -0.3 is 9.47 Å². The summed E-state index contributed by atoms with van der Waals surface area (Å²) in [5, 5.41) is 0. The number of benzene rings is 2. The van der Waals surface area contributed by atoms with E-state index in [9.17, 15) is 9.59 Å². The molecular formula is C28H31NO4. The summed E-state index contributed by atoms with van der Waals surface area (Å²) in [7, 11) is 1.71. The van der Waals surface area contributed by atoms with Crippen molar-refractivity contribution in [1.82, 2.24) is 0 Å². The third-order valence-electron chi connectivity index (χ3n) is 7.93. The number of ether oxygens (including phenoxy) is 2. The largest absolute Gasteiger partial charge is 0.455 e. The molecule has 33 heavy (non-hydrogen) atoms. The molecule has 0 heterocycles. The summed E-state index contributed by atoms with van der Waals surface area (Å²) in [5.74, 6) is 1.89. The molecule has 3 saturated carbocycles. The van der Waals surface area contributed by atoms with Crippen LogP contribution >= 0.6 is 0 Å². The summed E-state index contributed by atoms with van der Waals surface area (Å²) in [6.45, 7) is 1.99. The Balaban J connectivity index is 1.33. The molecule has 5 heteroatoms. The van der Waals surface area contributed by atoms with Crippen LogP contribution in [0.1, 0.15) is 63.9 Å². The highest BCUT2D eigenvalue weighted by atomic mass is 16.6. The van der Waals surface area contributed by atoms with Gasteiger partial charge in [-0.2, -0.15) is 0 Å². The molecule has 3 aliphatic carbocycles. The van der Waals surface area contributed by atoms with E-state index in [1.165, 1.54) is 19.3 Å². The maximum Gasteiger partial charge on any atom is 0.338 e. The van der Waals surface area contributed by atoms with Crippen molar-refractivity contribution < 1.29 is 19.1 Å². The van der Waals surface area contributed by atoms with Crippen molar-refractivity contribution in [2.45, 2.75) is 51.2 Å². The summed E-state index contributed by atoms with van der Waals surface area (Å²) in [6, 6.07) is 14.6. The molecule has 5 nitrogen and oxygen atoms in total. The fourth-order valence-corrected chi connectivity index (χ4v) is 6.31. The minimum Gasteiger partial charge on any atom is -0.455 e. The number of nitrogens with zero attached hydrogens (tertiary/aromatic N) is 1. The average molecular weight is 446 g/mol. The van der Waals surface area contributed by atoms with E-state index in [2.05, 4.69) is 4.99 Å². The van der Waals surface area contributed by atoms with Gasteiger partial charge in [-0.1, -0.05) is 29.8 Å². The number of esters is 2. The lowest BCUT2D eigenvalue weighted by atomic mass is 9.69. The average Bonchev–Trinajstić information content (AvgIpc) is 3.43. The zero-order valence-corrected chi connectivity index (χ0v) is 19.3. The second kappa shape index (κ2) is 9.12. The van der Waals surface area contributed by atoms with Gasteiger partial charge in [0.1, 0.15) is 12.2 Å². The standard InChI is InChI=1S/C28H31NO4/c1-17-3-7-19(8-4-17)27(30)32-25-14-23-21-11-12-22(13-21)24(23)15-26(25)33-28(31)20-9-5-18(6-10-20)16-29-2/h3-10,16,21-26H,11-15H2,1-2H3/b29-16-. The summed E-state index contributed by atoms with van der Waals surface area (Å²) >= 11 is 0. The first-order valence-corrected chi connectivity index (χ1v) is 12.0. The molecule has 3 fully saturated rings. The number of carbonyl (C=O) groups excluding carboxylic acids is 2. The molecule has 2 aromatic rings. The van der Waals surface area contributed by atoms with E-state index >= 15 is 0 Å². The first kappa shape index (κ1) is 21.9. The van der Waals surface area contributed by atoms with Crippen LogP contribution in [0.25, 0.3) is 0 Å². The van der Waals surface area contributed by atoms with Crippen molar-refractivity contribution in [2.75, 3.05) is 7.05 Å². The Bertz CT molecular complexity index is 1040. The second-order valence-electron chi connectivity index (χ2n) is 9.90. The Labute approximate surface area is 195 Å². The molecule has 5 rings (SSSR count). The monoisotopic (exact) mass is 445 g/mol. The first-order valence-electron chi connectivity index (χ1n) is 12.0. The van der Waals surface area contributed by atoms with Crippen molar-refractivity contribution in [3.63, 3.8) is 0 Å². The molecule has 2 bridgehead atoms. The van der Waals surface area contributed by atoms with Gasteiger partial charge in [0.15, 0.2) is 0 Å². The zero-order valence-electron chi connectivity index (χ0n) is 19.3. The van der Waals surface area contributed by atoms with Gasteiger partial charge in [0.25, 0.3) is 0 Å². The maximum atomic E-state index is 13.0. The van der Waals surface area contributed by atoms with Gasteiger partial charge in [0.05, 0.1) is 11.1 Å². The molecule has 0 saturated heterocycles. The molecule has 6 unspecified atom stereocenters. The fraction of sp³-hybridized carbons (Fsp3) is 0.464. The van der Waals surface area contributed by atoms with Crippen molar-refractivity contribution in [2.24, 2.45) is 28.7 Å². The van der Waals surface area contributed by atoms with Crippen molar-refractivity contribution in [3.8, 4) is 0 Å². The summed E-state index contributed by atoms with van der Waals surface area (Å²) in [5.41, 5.74) is 3.06. The van der Waals surface area contributed by atoms with E-state index in [4.69, 9.17) is 9.47 Å². The highest BCUT2D eigenvalue weighted by Gasteiger charge is 2.53. The quantitative estimate of drug-likeness (QED) is 0.466. The third kappa shape index (κ3) is 4.46. The summed E-state index contributed by atoms with van der Waals surface area (Å²) in [4.78, 5) is 29.9. The second-order valence-corrected chi connectivity index (χ2v) is 9.90. The Hall–Kier alpha value is -2.95. The Morgan fingerprint density at radius 1 is 0.788 bits per heavy atom. The van der Waals surface area contributed by atoms with Crippen LogP contribution in [-0.2, 0) is 9.47 Å². The normalized spacial score (nSPS) is 30.2. The predicted molar refractivity (Wildman–Crippen MR) is 127 cm³/mol. The molecule has 0 aliphatic heterocycles. The van der Waals surface area contributed by atoms with E-state index in [-0.39, 0.29) is 11.9 Å². The van der Waals surface area contributed by atoms with Gasteiger partial charge in [-0.25, -0.2) is 9.59 Å². The van der Waals surface area contributed by atoms with Gasteiger partial charge in [0, 0.05) is 13.3 Å². The lowest BCUT2D eigenvalue weighted by Gasteiger charge is -2.42. The van der Waals surface area contributed by atoms with E-state index in [1.54, 1.807) is 37.5 Å². The number of hydrogen-bond acceptors (Lipinski definition) is 5. The molecule has 0 radical (unpaired) electrons. The molecule has 0 N–H and O–H groups in total. The van der Waals surface area contributed by atoms with Gasteiger partial charge in [-0.15, -0.1) is 0 Å². The van der Waals surface area contributed by atoms with Crippen LogP contribution in [-0.4, -0.2) is 37.4 Å². The SMILES string of the molecule is C/N=C\c1ccc(C(=O)OC2CC3C4CCC(C4)C3CC2OC(=O)c2ccc(C)cc2)cc1. The van der Waals surface area contributed by atoms with Crippen LogP contribution < -0.4 is 0 Å². The molecule has 0 spiro atoms. The number of carbonyl (C=O) groups is 2. The van der Waals surface area contributed by atoms with Crippen LogP contribution in [0.4, 0.5) is 0 Å². The number of aliphatic imine (C=N–C) groups is 1. The molecule has 172 valence electrons. The highest BCUT2D eigenvalue weighted by Crippen LogP contribution is 2.58. The van der Waals surface area contributed by atoms with Crippen molar-refractivity contribution >= 4 is 18.2 Å². The first-order chi connectivity index (χ1) is 16.0. The molecular weight excluding hydrogens is 414 g/mol. The predicted octanol–water partition coefficient (Wildman–Crippen LogP) is 5.25. The van der Waals surface area contributed by atoms with Crippen LogP contribution in [0.3, 0.4) is 0 Å². The molecule has 6 atom stereocenters. The zero-order chi connectivity index (χ0) is 22.9. The molecule has 2 aromatic carbocycles. The van der Waals surface area contributed by atoms with E-state index in [0.717, 1.165) is 35.8 Å². The summed E-state index contributed by atoms with van der Waals surface area (Å²) in [6.07, 6.45) is 6.32. The molecule has 3 aliphatic rings. The highest BCUT2D eigenvalue weighted by molar-refractivity contribution is 5.91. The fourth-order valence-electron chi connectivity index (χ4n) is 6.31. The van der Waals surface area contributed by atoms with E-state index < -0.39 is 12.2 Å². The van der Waals surface area contributed by atoms with Gasteiger partial charge in [0.2, 0.25) is 0 Å². The Morgan fingerprint density at radius 2 is 1.27 bits per heavy atom. The summed E-state index contributed by atoms with van der Waals surface area (Å²) < 4.78 is 12.0. The lowest BCUT2D eigenvalue weighted by Crippen LogP contribution is -2.45. The Kier molecular flexibility index (Phi) is 6.05. The third-order valence-corrected chi connectivity index (χ3v) is 7.93. The lowest BCUT2D eigenvalue weighted by molar-refractivity contribution is -0.0822. The van der Waals surface area contributed by atoms with Gasteiger partial charge >= 0.3 is 11.9 Å². The van der Waals surface area contributed by atoms with Crippen LogP contribution in [0.2, 0.25) is 0 Å². The minimum atomic E-state index is -0.413. The number of hydrogen-bond donors (Lipinski definition) is 0. The van der Waals surface area contributed by atoms with Crippen LogP contribution in [0.15, 0.2) is 53.5 Å². The molecule has 0 aromatic heterocycles. The van der Waals surface area contributed by atoms with Gasteiger partial charge in [-0.3, -0.25) is 4.99 Å². The molecule has 0 amide bonds. The van der Waals surface area contributed by atoms with E-state index in [0.29, 0.717) is 23.0 Å². The number of rotatable bonds is 5. The van der Waals surface area contributed by atoms with Crippen molar-refractivity contribution in [3.05, 3.63) is 70.8 Å². The van der Waals surface area contributed by atoms with E-state index in [1.807, 2.05) is 31.2 Å². The van der Waals surface area contributed by atoms with Crippen LogP contribution in [0.5, 0.6) is 0 Å². The number of aryl methyl sites for hydroxylation is 1. The minimum absolute atomic E-state index is 0.342. The topological polar surface area (TPSA) is 65.0 Å². The Morgan fingerprint density at radius 3 is 1.76 bits per heavy atom. The van der Waals surface area contributed by atoms with Crippen LogP contribution in [0, 0.1) is 30.6 Å². The van der Waals surface area contributed by atoms with Crippen molar-refractivity contribution in [1.29, 1.82) is 0 Å². The maximum absolute atomic E-state index is 13.0.